The molecule has 18 heavy (non-hydrogen) atoms. The molecule has 0 aromatic carbocycles. The van der Waals surface area contributed by atoms with Crippen LogP contribution in [0.3, 0.4) is 0 Å². The van der Waals surface area contributed by atoms with Crippen molar-refractivity contribution in [2.75, 3.05) is 6.54 Å². The minimum absolute atomic E-state index is 0.321. The predicted molar refractivity (Wildman–Crippen MR) is 69.7 cm³/mol. The molecule has 0 saturated carbocycles. The molecule has 0 amide bonds. The molecule has 2 rings (SSSR count). The van der Waals surface area contributed by atoms with Gasteiger partial charge in [-0.15, -0.1) is 0 Å². The summed E-state index contributed by atoms with van der Waals surface area (Å²) in [6.07, 6.45) is 5.12. The van der Waals surface area contributed by atoms with Crippen molar-refractivity contribution < 1.29 is 4.52 Å². The molecule has 2 N–H and O–H groups in total. The minimum Gasteiger partial charge on any atom is -0.338 e. The summed E-state index contributed by atoms with van der Waals surface area (Å²) in [7, 11) is 0. The van der Waals surface area contributed by atoms with Gasteiger partial charge in [-0.1, -0.05) is 31.8 Å². The number of aromatic nitrogens is 2. The molecule has 1 aliphatic rings. The molecule has 0 aliphatic carbocycles. The molecule has 0 radical (unpaired) electrons. The minimum atomic E-state index is 0.321. The lowest BCUT2D eigenvalue weighted by Crippen LogP contribution is -2.42. The summed E-state index contributed by atoms with van der Waals surface area (Å²) >= 11 is 0. The van der Waals surface area contributed by atoms with Gasteiger partial charge in [0.1, 0.15) is 0 Å². The summed E-state index contributed by atoms with van der Waals surface area (Å²) in [5, 5.41) is 3.99. The molecule has 1 saturated heterocycles. The average molecular weight is 252 g/mol. The average Bonchev–Trinajstić information content (AvgIpc) is 2.86. The van der Waals surface area contributed by atoms with Crippen molar-refractivity contribution in [1.82, 2.24) is 15.0 Å². The van der Waals surface area contributed by atoms with Gasteiger partial charge in [0.15, 0.2) is 5.82 Å². The number of piperidine rings is 1. The zero-order valence-electron chi connectivity index (χ0n) is 11.4. The van der Waals surface area contributed by atoms with Crippen LogP contribution in [0.15, 0.2) is 4.52 Å². The van der Waals surface area contributed by atoms with Gasteiger partial charge in [0.05, 0.1) is 13.1 Å². The van der Waals surface area contributed by atoms with Crippen molar-refractivity contribution in [3.05, 3.63) is 11.7 Å². The van der Waals surface area contributed by atoms with Crippen LogP contribution >= 0.6 is 0 Å². The second-order valence-electron chi connectivity index (χ2n) is 5.23. The van der Waals surface area contributed by atoms with Gasteiger partial charge in [0, 0.05) is 6.04 Å². The molecule has 1 fully saturated rings. The summed E-state index contributed by atoms with van der Waals surface area (Å²) in [6, 6.07) is 0.656. The third-order valence-electron chi connectivity index (χ3n) is 3.99. The Hall–Kier alpha value is -0.940. The SMILES string of the molecule is CCC(C)C1CCCCN1Cc1noc(CN)n1. The quantitative estimate of drug-likeness (QED) is 0.867. The van der Waals surface area contributed by atoms with Crippen LogP contribution in [0.4, 0.5) is 0 Å². The van der Waals surface area contributed by atoms with Gasteiger partial charge in [0.25, 0.3) is 0 Å². The van der Waals surface area contributed by atoms with Crippen molar-refractivity contribution in [3.63, 3.8) is 0 Å². The molecular formula is C13H24N4O. The Morgan fingerprint density at radius 1 is 1.50 bits per heavy atom. The summed E-state index contributed by atoms with van der Waals surface area (Å²) in [6.45, 7) is 6.85. The molecule has 5 nitrogen and oxygen atoms in total. The highest BCUT2D eigenvalue weighted by Gasteiger charge is 2.27. The van der Waals surface area contributed by atoms with Crippen molar-refractivity contribution >= 4 is 0 Å². The van der Waals surface area contributed by atoms with Crippen molar-refractivity contribution in [1.29, 1.82) is 0 Å². The fraction of sp³-hybridized carbons (Fsp3) is 0.846. The summed E-state index contributed by atoms with van der Waals surface area (Å²) < 4.78 is 5.06. The summed E-state index contributed by atoms with van der Waals surface area (Å²) in [5.74, 6) is 2.03. The Balaban J connectivity index is 2.00. The number of likely N-dealkylation sites (tertiary alicyclic amines) is 1. The van der Waals surface area contributed by atoms with E-state index in [0.717, 1.165) is 24.8 Å². The molecule has 2 atom stereocenters. The zero-order valence-corrected chi connectivity index (χ0v) is 11.4. The van der Waals surface area contributed by atoms with E-state index in [1.165, 1.54) is 25.7 Å². The molecule has 0 spiro atoms. The van der Waals surface area contributed by atoms with Gasteiger partial charge in [-0.25, -0.2) is 0 Å². The highest BCUT2D eigenvalue weighted by Crippen LogP contribution is 2.26. The van der Waals surface area contributed by atoms with E-state index >= 15 is 0 Å². The molecule has 0 bridgehead atoms. The third kappa shape index (κ3) is 3.09. The number of hydrogen-bond donors (Lipinski definition) is 1. The topological polar surface area (TPSA) is 68.2 Å². The van der Waals surface area contributed by atoms with Crippen molar-refractivity contribution in [3.8, 4) is 0 Å². The van der Waals surface area contributed by atoms with E-state index in [2.05, 4.69) is 28.9 Å². The zero-order chi connectivity index (χ0) is 13.0. The molecule has 1 aromatic heterocycles. The first-order chi connectivity index (χ1) is 8.74. The van der Waals surface area contributed by atoms with Crippen molar-refractivity contribution in [2.45, 2.75) is 58.7 Å². The molecule has 2 unspecified atom stereocenters. The predicted octanol–water partition coefficient (Wildman–Crippen LogP) is 1.93. The lowest BCUT2D eigenvalue weighted by Gasteiger charge is -2.38. The van der Waals surface area contributed by atoms with E-state index in [1.807, 2.05) is 0 Å². The molecule has 5 heteroatoms. The summed E-state index contributed by atoms with van der Waals surface area (Å²) in [5.41, 5.74) is 5.48. The van der Waals surface area contributed by atoms with Gasteiger partial charge in [-0.3, -0.25) is 4.90 Å². The van der Waals surface area contributed by atoms with Crippen molar-refractivity contribution in [2.24, 2.45) is 11.7 Å². The maximum Gasteiger partial charge on any atom is 0.240 e. The largest absolute Gasteiger partial charge is 0.338 e. The van der Waals surface area contributed by atoms with Crippen LogP contribution < -0.4 is 5.73 Å². The Morgan fingerprint density at radius 2 is 2.33 bits per heavy atom. The van der Waals surface area contributed by atoms with E-state index in [4.69, 9.17) is 10.3 Å². The lowest BCUT2D eigenvalue weighted by molar-refractivity contribution is 0.0929. The third-order valence-corrected chi connectivity index (χ3v) is 3.99. The van der Waals surface area contributed by atoms with E-state index in [-0.39, 0.29) is 0 Å². The molecule has 2 heterocycles. The second kappa shape index (κ2) is 6.29. The Labute approximate surface area is 109 Å². The smallest absolute Gasteiger partial charge is 0.240 e. The number of nitrogens with zero attached hydrogens (tertiary/aromatic N) is 3. The normalized spacial score (nSPS) is 23.2. The Bertz CT molecular complexity index is 366. The van der Waals surface area contributed by atoms with Gasteiger partial charge < -0.3 is 10.3 Å². The van der Waals surface area contributed by atoms with Crippen LogP contribution in [0.1, 0.15) is 51.2 Å². The highest BCUT2D eigenvalue weighted by atomic mass is 16.5. The molecule has 102 valence electrons. The first-order valence-electron chi connectivity index (χ1n) is 7.00. The fourth-order valence-corrected chi connectivity index (χ4v) is 2.75. The van der Waals surface area contributed by atoms with Gasteiger partial charge >= 0.3 is 0 Å². The highest BCUT2D eigenvalue weighted by molar-refractivity contribution is 4.89. The van der Waals surface area contributed by atoms with E-state index in [0.29, 0.717) is 18.5 Å². The maximum absolute atomic E-state index is 5.48. The first kappa shape index (κ1) is 13.5. The van der Waals surface area contributed by atoms with E-state index < -0.39 is 0 Å². The van der Waals surface area contributed by atoms with Gasteiger partial charge in [0.2, 0.25) is 5.89 Å². The molecule has 1 aliphatic heterocycles. The van der Waals surface area contributed by atoms with Crippen LogP contribution in [0, 0.1) is 5.92 Å². The van der Waals surface area contributed by atoms with Crippen LogP contribution in [-0.2, 0) is 13.1 Å². The van der Waals surface area contributed by atoms with E-state index in [9.17, 15) is 0 Å². The number of hydrogen-bond acceptors (Lipinski definition) is 5. The van der Waals surface area contributed by atoms with Crippen LogP contribution in [0.25, 0.3) is 0 Å². The van der Waals surface area contributed by atoms with Crippen LogP contribution in [0.5, 0.6) is 0 Å². The Morgan fingerprint density at radius 3 is 3.00 bits per heavy atom. The summed E-state index contributed by atoms with van der Waals surface area (Å²) in [4.78, 5) is 6.80. The molecular weight excluding hydrogens is 228 g/mol. The lowest BCUT2D eigenvalue weighted by atomic mass is 9.90. The van der Waals surface area contributed by atoms with Crippen LogP contribution in [-0.4, -0.2) is 27.6 Å². The van der Waals surface area contributed by atoms with Gasteiger partial charge in [-0.05, 0) is 25.3 Å². The maximum atomic E-state index is 5.48. The van der Waals surface area contributed by atoms with Gasteiger partial charge in [-0.2, -0.15) is 4.98 Å². The number of rotatable bonds is 5. The monoisotopic (exact) mass is 252 g/mol. The van der Waals surface area contributed by atoms with E-state index in [1.54, 1.807) is 0 Å². The fourth-order valence-electron chi connectivity index (χ4n) is 2.75. The Kier molecular flexibility index (Phi) is 4.72. The standard InChI is InChI=1S/C13H24N4O/c1-3-10(2)11-6-4-5-7-17(11)9-12-15-13(8-14)18-16-12/h10-11H,3-9,14H2,1-2H3. The molecule has 1 aromatic rings. The first-order valence-corrected chi connectivity index (χ1v) is 7.00. The van der Waals surface area contributed by atoms with Crippen LogP contribution in [0.2, 0.25) is 0 Å². The number of nitrogens with two attached hydrogens (primary N) is 1. The second-order valence-corrected chi connectivity index (χ2v) is 5.23.